The van der Waals surface area contributed by atoms with Crippen LogP contribution in [0.3, 0.4) is 0 Å². The minimum atomic E-state index is -0.402. The summed E-state index contributed by atoms with van der Waals surface area (Å²) >= 11 is 0. The Kier molecular flexibility index (Phi) is 7.30. The molecule has 4 aromatic rings. The first-order chi connectivity index (χ1) is 17.0. The molecule has 0 atom stereocenters. The van der Waals surface area contributed by atoms with E-state index in [9.17, 15) is 18.8 Å². The van der Waals surface area contributed by atoms with Gasteiger partial charge in [0.05, 0.1) is 30.4 Å². The molecule has 0 unspecified atom stereocenters. The van der Waals surface area contributed by atoms with E-state index in [1.807, 2.05) is 6.92 Å². The number of esters is 1. The van der Waals surface area contributed by atoms with Crippen molar-refractivity contribution in [2.24, 2.45) is 0 Å². The zero-order valence-electron chi connectivity index (χ0n) is 19.1. The van der Waals surface area contributed by atoms with Gasteiger partial charge in [0.2, 0.25) is 5.91 Å². The van der Waals surface area contributed by atoms with Crippen LogP contribution in [0.15, 0.2) is 65.8 Å². The Morgan fingerprint density at radius 1 is 1.09 bits per heavy atom. The van der Waals surface area contributed by atoms with Crippen molar-refractivity contribution in [3.63, 3.8) is 0 Å². The third-order valence-electron chi connectivity index (χ3n) is 5.34. The van der Waals surface area contributed by atoms with Gasteiger partial charge in [-0.25, -0.2) is 18.9 Å². The number of rotatable bonds is 9. The van der Waals surface area contributed by atoms with Crippen LogP contribution in [0.2, 0.25) is 0 Å². The fraction of sp³-hybridized carbons (Fsp3) is 0.240. The summed E-state index contributed by atoms with van der Waals surface area (Å²) in [6.07, 6.45) is 4.55. The molecule has 9 nitrogen and oxygen atoms in total. The van der Waals surface area contributed by atoms with Gasteiger partial charge < -0.3 is 10.1 Å². The van der Waals surface area contributed by atoms with Crippen molar-refractivity contribution in [1.82, 2.24) is 19.3 Å². The van der Waals surface area contributed by atoms with Crippen molar-refractivity contribution >= 4 is 28.6 Å². The van der Waals surface area contributed by atoms with Crippen LogP contribution in [0.1, 0.15) is 36.5 Å². The first-order valence-corrected chi connectivity index (χ1v) is 11.2. The molecule has 35 heavy (non-hydrogen) atoms. The fourth-order valence-corrected chi connectivity index (χ4v) is 3.41. The molecule has 10 heteroatoms. The van der Waals surface area contributed by atoms with E-state index < -0.39 is 5.97 Å². The second-order valence-corrected chi connectivity index (χ2v) is 7.88. The van der Waals surface area contributed by atoms with Crippen LogP contribution in [0.4, 0.5) is 10.1 Å². The third kappa shape index (κ3) is 5.60. The molecular weight excluding hydrogens is 453 g/mol. The van der Waals surface area contributed by atoms with Gasteiger partial charge in [-0.05, 0) is 55.0 Å². The molecule has 180 valence electrons. The van der Waals surface area contributed by atoms with Crippen molar-refractivity contribution in [2.75, 3.05) is 11.9 Å². The number of aryl methyl sites for hydroxylation is 1. The molecule has 0 saturated heterocycles. The van der Waals surface area contributed by atoms with Crippen LogP contribution < -0.4 is 10.9 Å². The van der Waals surface area contributed by atoms with Gasteiger partial charge in [-0.15, -0.1) is 0 Å². The lowest BCUT2D eigenvalue weighted by atomic mass is 10.2. The molecule has 0 fully saturated rings. The average molecular weight is 477 g/mol. The van der Waals surface area contributed by atoms with E-state index in [1.165, 1.54) is 33.9 Å². The zero-order chi connectivity index (χ0) is 24.8. The highest BCUT2D eigenvalue weighted by Gasteiger charge is 2.13. The third-order valence-corrected chi connectivity index (χ3v) is 5.34. The molecule has 0 radical (unpaired) electrons. The van der Waals surface area contributed by atoms with Crippen molar-refractivity contribution in [3.05, 3.63) is 82.8 Å². The molecule has 0 bridgehead atoms. The summed E-state index contributed by atoms with van der Waals surface area (Å²) in [4.78, 5) is 41.5. The summed E-state index contributed by atoms with van der Waals surface area (Å²) in [6.45, 7) is 2.51. The quantitative estimate of drug-likeness (QED) is 0.291. The Morgan fingerprint density at radius 2 is 1.83 bits per heavy atom. The van der Waals surface area contributed by atoms with Crippen molar-refractivity contribution in [3.8, 4) is 5.69 Å². The summed E-state index contributed by atoms with van der Waals surface area (Å²) < 4.78 is 21.2. The summed E-state index contributed by atoms with van der Waals surface area (Å²) in [7, 11) is 0. The van der Waals surface area contributed by atoms with E-state index in [0.717, 1.165) is 12.8 Å². The molecule has 0 aliphatic rings. The van der Waals surface area contributed by atoms with E-state index >= 15 is 0 Å². The Hall–Kier alpha value is -4.34. The van der Waals surface area contributed by atoms with Crippen molar-refractivity contribution in [1.29, 1.82) is 0 Å². The molecule has 0 saturated carbocycles. The summed E-state index contributed by atoms with van der Waals surface area (Å²) in [6, 6.07) is 12.1. The van der Waals surface area contributed by atoms with Crippen molar-refractivity contribution in [2.45, 2.75) is 32.7 Å². The molecule has 2 aromatic heterocycles. The SMILES string of the molecule is CCCCOC(=O)c1ccc(NC(=O)CCn2cnc3c(cnn3-c3ccc(F)cc3)c2=O)cc1. The number of ether oxygens (including phenoxy) is 1. The van der Waals surface area contributed by atoms with Gasteiger partial charge >= 0.3 is 5.97 Å². The predicted octanol–water partition coefficient (Wildman–Crippen LogP) is 3.71. The van der Waals surface area contributed by atoms with E-state index in [4.69, 9.17) is 4.74 Å². The predicted molar refractivity (Wildman–Crippen MR) is 128 cm³/mol. The molecule has 0 aliphatic heterocycles. The minimum Gasteiger partial charge on any atom is -0.462 e. The van der Waals surface area contributed by atoms with Gasteiger partial charge in [0.25, 0.3) is 5.56 Å². The van der Waals surface area contributed by atoms with Crippen LogP contribution in [0.25, 0.3) is 16.7 Å². The van der Waals surface area contributed by atoms with Gasteiger partial charge in [0, 0.05) is 18.7 Å². The number of benzene rings is 2. The van der Waals surface area contributed by atoms with Gasteiger partial charge in [-0.2, -0.15) is 5.10 Å². The molecule has 0 aliphatic carbocycles. The Labute approximate surface area is 200 Å². The number of hydrogen-bond acceptors (Lipinski definition) is 6. The lowest BCUT2D eigenvalue weighted by Gasteiger charge is -2.08. The first kappa shape index (κ1) is 23.8. The summed E-state index contributed by atoms with van der Waals surface area (Å²) in [5, 5.41) is 7.23. The van der Waals surface area contributed by atoms with E-state index in [0.29, 0.717) is 34.6 Å². The Bertz CT molecular complexity index is 1390. The van der Waals surface area contributed by atoms with E-state index in [1.54, 1.807) is 36.4 Å². The highest BCUT2D eigenvalue weighted by molar-refractivity contribution is 5.93. The lowest BCUT2D eigenvalue weighted by molar-refractivity contribution is -0.116. The van der Waals surface area contributed by atoms with Crippen LogP contribution in [0.5, 0.6) is 0 Å². The number of nitrogens with zero attached hydrogens (tertiary/aromatic N) is 4. The first-order valence-electron chi connectivity index (χ1n) is 11.2. The molecule has 2 heterocycles. The zero-order valence-corrected chi connectivity index (χ0v) is 19.1. The maximum atomic E-state index is 13.2. The van der Waals surface area contributed by atoms with Gasteiger partial charge in [-0.1, -0.05) is 13.3 Å². The second kappa shape index (κ2) is 10.7. The van der Waals surface area contributed by atoms with E-state index in [-0.39, 0.29) is 30.2 Å². The van der Waals surface area contributed by atoms with Crippen LogP contribution in [-0.2, 0) is 16.1 Å². The number of hydrogen-bond donors (Lipinski definition) is 1. The minimum absolute atomic E-state index is 0.0417. The van der Waals surface area contributed by atoms with Gasteiger partial charge in [0.15, 0.2) is 5.65 Å². The summed E-state index contributed by atoms with van der Waals surface area (Å²) in [5.74, 6) is -1.07. The van der Waals surface area contributed by atoms with Crippen molar-refractivity contribution < 1.29 is 18.7 Å². The Balaban J connectivity index is 1.37. The molecule has 1 N–H and O–H groups in total. The number of fused-ring (bicyclic) bond motifs is 1. The normalized spacial score (nSPS) is 10.9. The van der Waals surface area contributed by atoms with Crippen LogP contribution in [0, 0.1) is 5.82 Å². The number of carbonyl (C=O) groups excluding carboxylic acids is 2. The maximum absolute atomic E-state index is 13.2. The standard InChI is InChI=1S/C25H24FN5O4/c1-2-3-14-35-25(34)17-4-8-19(9-5-17)29-22(32)12-13-30-16-27-23-21(24(30)33)15-28-31(23)20-10-6-18(26)7-11-20/h4-11,15-16H,2-3,12-14H2,1H3,(H,29,32). The molecule has 4 rings (SSSR count). The number of amides is 1. The number of carbonyl (C=O) groups is 2. The van der Waals surface area contributed by atoms with Gasteiger partial charge in [-0.3, -0.25) is 14.2 Å². The fourth-order valence-electron chi connectivity index (χ4n) is 3.41. The number of aromatic nitrogens is 4. The number of unbranched alkanes of at least 4 members (excludes halogenated alkanes) is 1. The molecule has 0 spiro atoms. The molecular formula is C25H24FN5O4. The molecule has 1 amide bonds. The highest BCUT2D eigenvalue weighted by atomic mass is 19.1. The van der Waals surface area contributed by atoms with Gasteiger partial charge in [0.1, 0.15) is 11.2 Å². The van der Waals surface area contributed by atoms with E-state index in [2.05, 4.69) is 15.4 Å². The van der Waals surface area contributed by atoms with Crippen LogP contribution in [-0.4, -0.2) is 37.8 Å². The second-order valence-electron chi connectivity index (χ2n) is 7.88. The number of nitrogens with one attached hydrogen (secondary N) is 1. The molecule has 2 aromatic carbocycles. The largest absolute Gasteiger partial charge is 0.462 e. The highest BCUT2D eigenvalue weighted by Crippen LogP contribution is 2.15. The lowest BCUT2D eigenvalue weighted by Crippen LogP contribution is -2.23. The average Bonchev–Trinajstić information content (AvgIpc) is 3.29. The topological polar surface area (TPSA) is 108 Å². The smallest absolute Gasteiger partial charge is 0.338 e. The van der Waals surface area contributed by atoms with Crippen LogP contribution >= 0.6 is 0 Å². The number of anilines is 1. The monoisotopic (exact) mass is 477 g/mol. The maximum Gasteiger partial charge on any atom is 0.338 e. The summed E-state index contributed by atoms with van der Waals surface area (Å²) in [5.41, 5.74) is 1.52. The number of halogens is 1. The Morgan fingerprint density at radius 3 is 2.54 bits per heavy atom.